The van der Waals surface area contributed by atoms with Gasteiger partial charge in [0.25, 0.3) is 5.56 Å². The normalized spacial score (nSPS) is 19.5. The van der Waals surface area contributed by atoms with Gasteiger partial charge in [-0.2, -0.15) is 0 Å². The van der Waals surface area contributed by atoms with Crippen molar-refractivity contribution in [1.82, 2.24) is 20.2 Å². The van der Waals surface area contributed by atoms with Crippen LogP contribution in [-0.4, -0.2) is 60.9 Å². The van der Waals surface area contributed by atoms with Crippen LogP contribution in [0.5, 0.6) is 0 Å². The number of nitrogens with one attached hydrogen (secondary N) is 3. The smallest absolute Gasteiger partial charge is 0.259 e. The first kappa shape index (κ1) is 19.1. The highest BCUT2D eigenvalue weighted by atomic mass is 16.1. The number of hydrogen-bond donors (Lipinski definition) is 3. The molecular formula is C22H26N6O. The average Bonchev–Trinajstić information content (AvgIpc) is 2.71. The predicted octanol–water partition coefficient (Wildman–Crippen LogP) is 2.14. The number of allylic oxidation sites excluding steroid dienone is 5. The molecule has 0 radical (unpaired) electrons. The molecular weight excluding hydrogens is 364 g/mol. The fraction of sp³-hybridized carbons (Fsp3) is 0.318. The maximum absolute atomic E-state index is 12.7. The summed E-state index contributed by atoms with van der Waals surface area (Å²) < 4.78 is 0. The minimum Gasteiger partial charge on any atom is -0.393 e. The lowest BCUT2D eigenvalue weighted by Gasteiger charge is -2.34. The van der Waals surface area contributed by atoms with E-state index in [0.29, 0.717) is 22.4 Å². The average molecular weight is 390 g/mol. The highest BCUT2D eigenvalue weighted by molar-refractivity contribution is 6.16. The van der Waals surface area contributed by atoms with Gasteiger partial charge in [-0.1, -0.05) is 0 Å². The maximum Gasteiger partial charge on any atom is 0.259 e. The molecule has 0 unspecified atom stereocenters. The van der Waals surface area contributed by atoms with Crippen LogP contribution in [0.25, 0.3) is 16.5 Å². The number of piperazine rings is 1. The van der Waals surface area contributed by atoms with Gasteiger partial charge in [0.15, 0.2) is 0 Å². The molecule has 1 aromatic carbocycles. The number of fused-ring (bicyclic) bond motifs is 1. The largest absolute Gasteiger partial charge is 0.393 e. The number of nitrogens with zero attached hydrogens (tertiary/aromatic N) is 3. The van der Waals surface area contributed by atoms with Crippen LogP contribution in [0.2, 0.25) is 0 Å². The Morgan fingerprint density at radius 3 is 2.69 bits per heavy atom. The minimum absolute atomic E-state index is 0.151. The third kappa shape index (κ3) is 3.73. The molecule has 1 fully saturated rings. The molecule has 1 saturated heterocycles. The summed E-state index contributed by atoms with van der Waals surface area (Å²) in [6, 6.07) is 5.87. The highest BCUT2D eigenvalue weighted by Gasteiger charge is 2.18. The first-order chi connectivity index (χ1) is 14.0. The van der Waals surface area contributed by atoms with Crippen LogP contribution in [0, 0.1) is 5.41 Å². The number of anilines is 1. The minimum atomic E-state index is -0.151. The van der Waals surface area contributed by atoms with Gasteiger partial charge in [-0.25, -0.2) is 4.98 Å². The molecule has 0 amide bonds. The van der Waals surface area contributed by atoms with Crippen LogP contribution in [0.3, 0.4) is 0 Å². The van der Waals surface area contributed by atoms with Crippen molar-refractivity contribution < 1.29 is 0 Å². The van der Waals surface area contributed by atoms with Gasteiger partial charge in [-0.15, -0.1) is 0 Å². The predicted molar refractivity (Wildman–Crippen MR) is 119 cm³/mol. The van der Waals surface area contributed by atoms with E-state index in [1.165, 1.54) is 0 Å². The van der Waals surface area contributed by atoms with Crippen molar-refractivity contribution >= 4 is 27.9 Å². The molecule has 1 aliphatic heterocycles. The SMILES string of the molecule is CN/C=C1/C=C(c2nc3cc(N4CCN(C)CC4)ccc3c(=O)[nH]2)C=C(C)C1=N. The summed E-state index contributed by atoms with van der Waals surface area (Å²) in [6.07, 6.45) is 5.55. The first-order valence-corrected chi connectivity index (χ1v) is 9.81. The summed E-state index contributed by atoms with van der Waals surface area (Å²) in [5.41, 5.74) is 4.48. The maximum atomic E-state index is 12.7. The van der Waals surface area contributed by atoms with Crippen molar-refractivity contribution in [3.8, 4) is 0 Å². The highest BCUT2D eigenvalue weighted by Crippen LogP contribution is 2.26. The molecule has 2 aromatic rings. The van der Waals surface area contributed by atoms with Crippen LogP contribution in [-0.2, 0) is 0 Å². The number of aromatic amines is 1. The number of aromatic nitrogens is 2. The van der Waals surface area contributed by atoms with Gasteiger partial charge in [-0.05, 0) is 49.9 Å². The van der Waals surface area contributed by atoms with Crippen molar-refractivity contribution in [1.29, 1.82) is 5.41 Å². The van der Waals surface area contributed by atoms with E-state index in [0.717, 1.165) is 48.6 Å². The summed E-state index contributed by atoms with van der Waals surface area (Å²) in [7, 11) is 3.94. The summed E-state index contributed by atoms with van der Waals surface area (Å²) in [4.78, 5) is 25.0. The lowest BCUT2D eigenvalue weighted by molar-refractivity contribution is 0.313. The summed E-state index contributed by atoms with van der Waals surface area (Å²) >= 11 is 0. The van der Waals surface area contributed by atoms with Crippen molar-refractivity contribution in [3.05, 3.63) is 63.9 Å². The number of rotatable bonds is 3. The molecule has 1 aromatic heterocycles. The van der Waals surface area contributed by atoms with Crippen molar-refractivity contribution in [2.75, 3.05) is 45.2 Å². The van der Waals surface area contributed by atoms with Crippen molar-refractivity contribution in [3.63, 3.8) is 0 Å². The zero-order valence-electron chi connectivity index (χ0n) is 17.0. The Kier molecular flexibility index (Phi) is 5.07. The van der Waals surface area contributed by atoms with E-state index in [1.807, 2.05) is 37.3 Å². The molecule has 0 saturated carbocycles. The van der Waals surface area contributed by atoms with Crippen LogP contribution in [0.15, 0.2) is 52.5 Å². The number of H-pyrrole nitrogens is 1. The van der Waals surface area contributed by atoms with Gasteiger partial charge in [0.1, 0.15) is 5.82 Å². The molecule has 0 atom stereocenters. The fourth-order valence-corrected chi connectivity index (χ4v) is 3.75. The molecule has 4 rings (SSSR count). The van der Waals surface area contributed by atoms with E-state index in [-0.39, 0.29) is 5.56 Å². The fourth-order valence-electron chi connectivity index (χ4n) is 3.75. The van der Waals surface area contributed by atoms with Crippen LogP contribution < -0.4 is 15.8 Å². The molecule has 3 N–H and O–H groups in total. The van der Waals surface area contributed by atoms with Gasteiger partial charge in [0.05, 0.1) is 16.6 Å². The van der Waals surface area contributed by atoms with Crippen LogP contribution in [0.4, 0.5) is 5.69 Å². The second kappa shape index (κ2) is 7.67. The van der Waals surface area contributed by atoms with Crippen LogP contribution in [0.1, 0.15) is 12.7 Å². The third-order valence-electron chi connectivity index (χ3n) is 5.50. The van der Waals surface area contributed by atoms with Crippen molar-refractivity contribution in [2.24, 2.45) is 0 Å². The lowest BCUT2D eigenvalue weighted by atomic mass is 9.94. The second-order valence-electron chi connectivity index (χ2n) is 7.60. The Balaban J connectivity index is 1.76. The van der Waals surface area contributed by atoms with Gasteiger partial charge in [0, 0.05) is 56.3 Å². The topological polar surface area (TPSA) is 88.1 Å². The van der Waals surface area contributed by atoms with E-state index >= 15 is 0 Å². The van der Waals surface area contributed by atoms with E-state index in [4.69, 9.17) is 10.4 Å². The van der Waals surface area contributed by atoms with Gasteiger partial charge < -0.3 is 20.1 Å². The molecule has 0 bridgehead atoms. The molecule has 2 heterocycles. The zero-order valence-corrected chi connectivity index (χ0v) is 17.0. The molecule has 2 aliphatic rings. The molecule has 29 heavy (non-hydrogen) atoms. The quantitative estimate of drug-likeness (QED) is 0.747. The number of likely N-dealkylation sites (N-methyl/N-ethyl adjacent to an activating group) is 1. The van der Waals surface area contributed by atoms with Crippen LogP contribution >= 0.6 is 0 Å². The van der Waals surface area contributed by atoms with E-state index in [2.05, 4.69) is 27.1 Å². The molecule has 0 spiro atoms. The lowest BCUT2D eigenvalue weighted by Crippen LogP contribution is -2.44. The van der Waals surface area contributed by atoms with E-state index < -0.39 is 0 Å². The molecule has 7 heteroatoms. The third-order valence-corrected chi connectivity index (χ3v) is 5.50. The zero-order chi connectivity index (χ0) is 20.5. The van der Waals surface area contributed by atoms with Crippen molar-refractivity contribution in [2.45, 2.75) is 6.92 Å². The second-order valence-corrected chi connectivity index (χ2v) is 7.60. The molecule has 150 valence electrons. The Morgan fingerprint density at radius 2 is 1.97 bits per heavy atom. The Bertz CT molecular complexity index is 1120. The molecule has 7 nitrogen and oxygen atoms in total. The van der Waals surface area contributed by atoms with Gasteiger partial charge in [0.2, 0.25) is 0 Å². The monoisotopic (exact) mass is 390 g/mol. The standard InChI is InChI=1S/C22H26N6O/c1-14-10-15(11-16(13-24-2)20(14)23)21-25-19-12-17(4-5-18(19)22(29)26-21)28-8-6-27(3)7-9-28/h4-5,10-13,23-24H,6-9H2,1-3H3,(H,25,26,29)/b16-13-,23-20?. The number of hydrogen-bond acceptors (Lipinski definition) is 6. The number of benzene rings is 1. The Labute approximate surface area is 169 Å². The van der Waals surface area contributed by atoms with Gasteiger partial charge in [-0.3, -0.25) is 10.2 Å². The molecule has 1 aliphatic carbocycles. The summed E-state index contributed by atoms with van der Waals surface area (Å²) in [5.74, 6) is 0.520. The summed E-state index contributed by atoms with van der Waals surface area (Å²) in [6.45, 7) is 5.87. The Hall–Kier alpha value is -3.19. The first-order valence-electron chi connectivity index (χ1n) is 9.81. The Morgan fingerprint density at radius 1 is 1.21 bits per heavy atom. The van der Waals surface area contributed by atoms with Gasteiger partial charge >= 0.3 is 0 Å². The van der Waals surface area contributed by atoms with E-state index in [9.17, 15) is 4.79 Å². The summed E-state index contributed by atoms with van der Waals surface area (Å²) in [5, 5.41) is 11.8. The van der Waals surface area contributed by atoms with E-state index in [1.54, 1.807) is 13.2 Å².